The topological polar surface area (TPSA) is 86.1 Å². The van der Waals surface area contributed by atoms with Gasteiger partial charge in [0.15, 0.2) is 0 Å². The van der Waals surface area contributed by atoms with Gasteiger partial charge in [0.25, 0.3) is 5.56 Å². The number of fused-ring (bicyclic) bond motifs is 1. The number of nitrogens with zero attached hydrogens (tertiary/aromatic N) is 3. The SMILES string of the molecule is CCOC(=O)c1cccc(-c2cccc(-c3cc(Nc4cccc5ncccc45)c(=O)n(CC)n3)c2)c1. The fraction of sp³-hybridized carbons (Fsp3) is 0.133. The summed E-state index contributed by atoms with van der Waals surface area (Å²) >= 11 is 0. The molecule has 0 saturated heterocycles. The van der Waals surface area contributed by atoms with E-state index in [2.05, 4.69) is 15.4 Å². The maximum atomic E-state index is 13.1. The Bertz CT molecular complexity index is 1650. The monoisotopic (exact) mass is 490 g/mol. The summed E-state index contributed by atoms with van der Waals surface area (Å²) in [6.07, 6.45) is 1.75. The summed E-state index contributed by atoms with van der Waals surface area (Å²) in [5.41, 5.74) is 5.69. The summed E-state index contributed by atoms with van der Waals surface area (Å²) in [5, 5.41) is 8.85. The van der Waals surface area contributed by atoms with Gasteiger partial charge < -0.3 is 10.1 Å². The Kier molecular flexibility index (Phi) is 6.76. The van der Waals surface area contributed by atoms with Crippen LogP contribution in [-0.2, 0) is 11.3 Å². The fourth-order valence-corrected chi connectivity index (χ4v) is 4.24. The molecule has 0 aliphatic heterocycles. The molecule has 5 rings (SSSR count). The highest BCUT2D eigenvalue weighted by Crippen LogP contribution is 2.29. The summed E-state index contributed by atoms with van der Waals surface area (Å²) in [4.78, 5) is 29.8. The Morgan fingerprint density at radius 2 is 1.62 bits per heavy atom. The van der Waals surface area contributed by atoms with E-state index in [0.29, 0.717) is 30.1 Å². The molecule has 0 amide bonds. The zero-order valence-electron chi connectivity index (χ0n) is 20.6. The third-order valence-electron chi connectivity index (χ3n) is 6.05. The first kappa shape index (κ1) is 23.9. The lowest BCUT2D eigenvalue weighted by atomic mass is 10.00. The molecule has 0 radical (unpaired) electrons. The highest BCUT2D eigenvalue weighted by Gasteiger charge is 2.13. The van der Waals surface area contributed by atoms with Crippen molar-refractivity contribution in [3.05, 3.63) is 107 Å². The maximum Gasteiger partial charge on any atom is 0.338 e. The molecule has 0 saturated carbocycles. The summed E-state index contributed by atoms with van der Waals surface area (Å²) in [7, 11) is 0. The first-order valence-corrected chi connectivity index (χ1v) is 12.2. The second kappa shape index (κ2) is 10.5. The van der Waals surface area contributed by atoms with Crippen LogP contribution in [0.5, 0.6) is 0 Å². The lowest BCUT2D eigenvalue weighted by molar-refractivity contribution is 0.0526. The van der Waals surface area contributed by atoms with Crippen molar-refractivity contribution in [3.63, 3.8) is 0 Å². The maximum absolute atomic E-state index is 13.1. The third kappa shape index (κ3) is 4.97. The second-order valence-corrected chi connectivity index (χ2v) is 8.45. The van der Waals surface area contributed by atoms with Crippen LogP contribution >= 0.6 is 0 Å². The Morgan fingerprint density at radius 3 is 2.43 bits per heavy atom. The van der Waals surface area contributed by atoms with Gasteiger partial charge in [-0.2, -0.15) is 5.10 Å². The van der Waals surface area contributed by atoms with Gasteiger partial charge in [0, 0.05) is 29.4 Å². The van der Waals surface area contributed by atoms with Crippen molar-refractivity contribution >= 4 is 28.2 Å². The van der Waals surface area contributed by atoms with Crippen molar-refractivity contribution in [1.82, 2.24) is 14.8 Å². The van der Waals surface area contributed by atoms with Gasteiger partial charge in [-0.3, -0.25) is 9.78 Å². The van der Waals surface area contributed by atoms with E-state index in [9.17, 15) is 9.59 Å². The Labute approximate surface area is 214 Å². The van der Waals surface area contributed by atoms with Crippen LogP contribution in [0, 0.1) is 0 Å². The van der Waals surface area contributed by atoms with E-state index >= 15 is 0 Å². The summed E-state index contributed by atoms with van der Waals surface area (Å²) in [6.45, 7) is 4.43. The summed E-state index contributed by atoms with van der Waals surface area (Å²) in [5.74, 6) is -0.350. The lowest BCUT2D eigenvalue weighted by Gasteiger charge is -2.13. The van der Waals surface area contributed by atoms with E-state index < -0.39 is 0 Å². The predicted octanol–water partition coefficient (Wildman–Crippen LogP) is 6.07. The first-order chi connectivity index (χ1) is 18.1. The number of benzene rings is 3. The van der Waals surface area contributed by atoms with Crippen LogP contribution in [0.4, 0.5) is 11.4 Å². The molecule has 0 fully saturated rings. The number of carbonyl (C=O) groups excluding carboxylic acids is 1. The summed E-state index contributed by atoms with van der Waals surface area (Å²) < 4.78 is 6.60. The van der Waals surface area contributed by atoms with Crippen LogP contribution in [-0.4, -0.2) is 27.3 Å². The number of aromatic nitrogens is 3. The van der Waals surface area contributed by atoms with Crippen molar-refractivity contribution in [2.24, 2.45) is 0 Å². The number of hydrogen-bond donors (Lipinski definition) is 1. The molecule has 5 aromatic rings. The molecule has 1 N–H and O–H groups in total. The highest BCUT2D eigenvalue weighted by atomic mass is 16.5. The molecule has 2 heterocycles. The molecule has 2 aromatic heterocycles. The Morgan fingerprint density at radius 1 is 0.865 bits per heavy atom. The molecule has 184 valence electrons. The van der Waals surface area contributed by atoms with Crippen LogP contribution in [0.25, 0.3) is 33.3 Å². The molecule has 37 heavy (non-hydrogen) atoms. The molecule has 0 spiro atoms. The fourth-order valence-electron chi connectivity index (χ4n) is 4.24. The van der Waals surface area contributed by atoms with Gasteiger partial charge in [0.05, 0.1) is 23.4 Å². The molecule has 7 heteroatoms. The van der Waals surface area contributed by atoms with Crippen LogP contribution in [0.2, 0.25) is 0 Å². The van der Waals surface area contributed by atoms with E-state index in [1.807, 2.05) is 79.7 Å². The van der Waals surface area contributed by atoms with E-state index in [-0.39, 0.29) is 11.5 Å². The van der Waals surface area contributed by atoms with Crippen LogP contribution in [0.3, 0.4) is 0 Å². The van der Waals surface area contributed by atoms with Gasteiger partial charge in [0.1, 0.15) is 5.69 Å². The lowest BCUT2D eigenvalue weighted by Crippen LogP contribution is -2.24. The zero-order chi connectivity index (χ0) is 25.8. The molecule has 0 atom stereocenters. The molecule has 3 aromatic carbocycles. The number of carbonyl (C=O) groups is 1. The average molecular weight is 491 g/mol. The number of pyridine rings is 1. The minimum Gasteiger partial charge on any atom is -0.462 e. The Balaban J connectivity index is 1.55. The molecule has 0 aliphatic carbocycles. The van der Waals surface area contributed by atoms with E-state index in [1.54, 1.807) is 25.3 Å². The minimum atomic E-state index is -0.350. The van der Waals surface area contributed by atoms with Crippen molar-refractivity contribution in [1.29, 1.82) is 0 Å². The van der Waals surface area contributed by atoms with Crippen molar-refractivity contribution < 1.29 is 9.53 Å². The molecular weight excluding hydrogens is 464 g/mol. The van der Waals surface area contributed by atoms with E-state index in [0.717, 1.165) is 33.3 Å². The van der Waals surface area contributed by atoms with Gasteiger partial charge in [0.2, 0.25) is 0 Å². The van der Waals surface area contributed by atoms with Crippen LogP contribution in [0.15, 0.2) is 95.9 Å². The van der Waals surface area contributed by atoms with E-state index in [1.165, 1.54) is 4.68 Å². The molecule has 0 bridgehead atoms. The van der Waals surface area contributed by atoms with Gasteiger partial charge in [-0.1, -0.05) is 36.4 Å². The number of hydrogen-bond acceptors (Lipinski definition) is 6. The predicted molar refractivity (Wildman–Crippen MR) is 146 cm³/mol. The van der Waals surface area contributed by atoms with Crippen LogP contribution < -0.4 is 10.9 Å². The zero-order valence-corrected chi connectivity index (χ0v) is 20.6. The first-order valence-electron chi connectivity index (χ1n) is 12.2. The van der Waals surface area contributed by atoms with Crippen molar-refractivity contribution in [3.8, 4) is 22.4 Å². The number of aryl methyl sites for hydroxylation is 1. The van der Waals surface area contributed by atoms with Gasteiger partial charge >= 0.3 is 5.97 Å². The molecule has 0 aliphatic rings. The van der Waals surface area contributed by atoms with Crippen LogP contribution in [0.1, 0.15) is 24.2 Å². The van der Waals surface area contributed by atoms with Crippen molar-refractivity contribution in [2.45, 2.75) is 20.4 Å². The second-order valence-electron chi connectivity index (χ2n) is 8.45. The van der Waals surface area contributed by atoms with Gasteiger partial charge in [-0.05, 0) is 73.5 Å². The third-order valence-corrected chi connectivity index (χ3v) is 6.05. The average Bonchev–Trinajstić information content (AvgIpc) is 2.94. The quantitative estimate of drug-likeness (QED) is 0.279. The Hall–Kier alpha value is -4.78. The highest BCUT2D eigenvalue weighted by molar-refractivity contribution is 5.93. The number of esters is 1. The number of anilines is 2. The largest absolute Gasteiger partial charge is 0.462 e. The van der Waals surface area contributed by atoms with E-state index in [4.69, 9.17) is 4.74 Å². The number of ether oxygens (including phenoxy) is 1. The van der Waals surface area contributed by atoms with Gasteiger partial charge in [-0.15, -0.1) is 0 Å². The smallest absolute Gasteiger partial charge is 0.338 e. The normalized spacial score (nSPS) is 10.9. The van der Waals surface area contributed by atoms with Crippen molar-refractivity contribution in [2.75, 3.05) is 11.9 Å². The molecule has 7 nitrogen and oxygen atoms in total. The molecule has 0 unspecified atom stereocenters. The number of nitrogens with one attached hydrogen (secondary N) is 1. The number of rotatable bonds is 7. The minimum absolute atomic E-state index is 0.203. The standard InChI is InChI=1S/C30H26N4O3/c1-3-34-29(35)28(32-26-15-7-14-25-24(26)13-8-16-31-25)19-27(33-34)22-11-5-9-20(17-22)21-10-6-12-23(18-21)30(36)37-4-2/h5-19,32H,3-4H2,1-2H3. The molecular formula is C30H26N4O3. The summed E-state index contributed by atoms with van der Waals surface area (Å²) in [6, 6.07) is 26.6. The van der Waals surface area contributed by atoms with Gasteiger partial charge in [-0.25, -0.2) is 9.48 Å².